The van der Waals surface area contributed by atoms with Crippen molar-refractivity contribution in [2.45, 2.75) is 0 Å². The summed E-state index contributed by atoms with van der Waals surface area (Å²) in [6.07, 6.45) is 1.85. The van der Waals surface area contributed by atoms with Gasteiger partial charge in [-0.05, 0) is 57.3 Å². The minimum atomic E-state index is 1.02. The summed E-state index contributed by atoms with van der Waals surface area (Å²) in [5.41, 5.74) is 7.53. The normalized spacial score (nSPS) is 11.6. The summed E-state index contributed by atoms with van der Waals surface area (Å²) in [7, 11) is 0. The molecular weight excluding hydrogens is 266 g/mol. The third-order valence-corrected chi connectivity index (χ3v) is 4.44. The summed E-state index contributed by atoms with van der Waals surface area (Å²) in [5, 5.41) is 2.65. The minimum Gasteiger partial charge on any atom is -0.256 e. The highest BCUT2D eigenvalue weighted by molar-refractivity contribution is 6.16. The third kappa shape index (κ3) is 1.51. The Kier molecular flexibility index (Phi) is 2.28. The third-order valence-electron chi connectivity index (χ3n) is 4.44. The Labute approximate surface area is 128 Å². The zero-order valence-corrected chi connectivity index (χ0v) is 12.0. The van der Waals surface area contributed by atoms with Gasteiger partial charge in [-0.2, -0.15) is 0 Å². The molecule has 3 aromatic carbocycles. The SMILES string of the molecule is c1ccc(-c2cc3c4c(cccc4c2)-c2ccccc2-3)nc1. The van der Waals surface area contributed by atoms with Gasteiger partial charge in [-0.3, -0.25) is 4.98 Å². The molecule has 0 atom stereocenters. The first-order chi connectivity index (χ1) is 10.9. The fraction of sp³-hybridized carbons (Fsp3) is 0. The lowest BCUT2D eigenvalue weighted by Crippen LogP contribution is -1.84. The summed E-state index contributed by atoms with van der Waals surface area (Å²) >= 11 is 0. The van der Waals surface area contributed by atoms with Gasteiger partial charge in [0.25, 0.3) is 0 Å². The van der Waals surface area contributed by atoms with E-state index in [1.165, 1.54) is 38.6 Å². The van der Waals surface area contributed by atoms with Crippen molar-refractivity contribution in [1.29, 1.82) is 0 Å². The van der Waals surface area contributed by atoms with Gasteiger partial charge < -0.3 is 0 Å². The van der Waals surface area contributed by atoms with E-state index >= 15 is 0 Å². The molecule has 1 aromatic heterocycles. The molecular formula is C21H13N. The van der Waals surface area contributed by atoms with Crippen molar-refractivity contribution in [1.82, 2.24) is 4.98 Å². The van der Waals surface area contributed by atoms with Gasteiger partial charge in [0.2, 0.25) is 0 Å². The fourth-order valence-corrected chi connectivity index (χ4v) is 3.50. The van der Waals surface area contributed by atoms with Crippen molar-refractivity contribution >= 4 is 10.8 Å². The van der Waals surface area contributed by atoms with Crippen molar-refractivity contribution < 1.29 is 0 Å². The zero-order chi connectivity index (χ0) is 14.5. The highest BCUT2D eigenvalue weighted by Gasteiger charge is 2.21. The molecule has 0 fully saturated rings. The first-order valence-corrected chi connectivity index (χ1v) is 7.50. The van der Waals surface area contributed by atoms with Gasteiger partial charge in [0, 0.05) is 11.8 Å². The monoisotopic (exact) mass is 279 g/mol. The Morgan fingerprint density at radius 1 is 0.591 bits per heavy atom. The standard InChI is InChI=1S/C21H13N/c1-2-8-17-16(7-1)18-9-5-6-14-12-15(13-19(17)21(14)18)20-10-3-4-11-22-20/h1-13H. The van der Waals surface area contributed by atoms with Gasteiger partial charge in [0.05, 0.1) is 5.69 Å². The van der Waals surface area contributed by atoms with E-state index < -0.39 is 0 Å². The maximum Gasteiger partial charge on any atom is 0.0702 e. The van der Waals surface area contributed by atoms with Crippen LogP contribution in [0.25, 0.3) is 44.3 Å². The lowest BCUT2D eigenvalue weighted by atomic mass is 9.98. The Morgan fingerprint density at radius 3 is 2.18 bits per heavy atom. The van der Waals surface area contributed by atoms with E-state index in [0.717, 1.165) is 5.69 Å². The van der Waals surface area contributed by atoms with Crippen molar-refractivity contribution in [3.05, 3.63) is 79.0 Å². The molecule has 0 bridgehead atoms. The second-order valence-corrected chi connectivity index (χ2v) is 5.69. The molecule has 1 aliphatic carbocycles. The first kappa shape index (κ1) is 11.7. The number of benzene rings is 3. The van der Waals surface area contributed by atoms with Crippen molar-refractivity contribution in [3.8, 4) is 33.5 Å². The van der Waals surface area contributed by atoms with Crippen LogP contribution in [0.2, 0.25) is 0 Å². The maximum absolute atomic E-state index is 4.50. The molecule has 22 heavy (non-hydrogen) atoms. The van der Waals surface area contributed by atoms with Crippen LogP contribution >= 0.6 is 0 Å². The minimum absolute atomic E-state index is 1.02. The molecule has 0 unspecified atom stereocenters. The van der Waals surface area contributed by atoms with Crippen LogP contribution < -0.4 is 0 Å². The molecule has 1 heterocycles. The average molecular weight is 279 g/mol. The van der Waals surface area contributed by atoms with Gasteiger partial charge in [-0.1, -0.05) is 48.5 Å². The van der Waals surface area contributed by atoms with E-state index in [1.54, 1.807) is 0 Å². The van der Waals surface area contributed by atoms with Crippen LogP contribution in [0.5, 0.6) is 0 Å². The van der Waals surface area contributed by atoms with Gasteiger partial charge in [-0.15, -0.1) is 0 Å². The molecule has 0 amide bonds. The quantitative estimate of drug-likeness (QED) is 0.392. The van der Waals surface area contributed by atoms with E-state index in [9.17, 15) is 0 Å². The Morgan fingerprint density at radius 2 is 1.36 bits per heavy atom. The van der Waals surface area contributed by atoms with Crippen LogP contribution in [0.1, 0.15) is 0 Å². The molecule has 0 saturated carbocycles. The average Bonchev–Trinajstić information content (AvgIpc) is 2.92. The maximum atomic E-state index is 4.50. The molecule has 0 N–H and O–H groups in total. The van der Waals surface area contributed by atoms with Gasteiger partial charge in [-0.25, -0.2) is 0 Å². The smallest absolute Gasteiger partial charge is 0.0702 e. The lowest BCUT2D eigenvalue weighted by molar-refractivity contribution is 1.33. The zero-order valence-electron chi connectivity index (χ0n) is 12.0. The molecule has 0 aliphatic heterocycles. The van der Waals surface area contributed by atoms with Crippen LogP contribution in [-0.2, 0) is 0 Å². The molecule has 1 aliphatic rings. The predicted octanol–water partition coefficient (Wildman–Crippen LogP) is 5.55. The molecule has 0 spiro atoms. The molecule has 4 aromatic rings. The molecule has 1 heteroatoms. The molecule has 1 nitrogen and oxygen atoms in total. The highest BCUT2D eigenvalue weighted by Crippen LogP contribution is 2.48. The molecule has 5 rings (SSSR count). The number of rotatable bonds is 1. The predicted molar refractivity (Wildman–Crippen MR) is 91.6 cm³/mol. The Hall–Kier alpha value is -2.93. The van der Waals surface area contributed by atoms with Crippen LogP contribution in [0, 0.1) is 0 Å². The van der Waals surface area contributed by atoms with Gasteiger partial charge in [0.15, 0.2) is 0 Å². The van der Waals surface area contributed by atoms with Crippen LogP contribution in [0.3, 0.4) is 0 Å². The summed E-state index contributed by atoms with van der Waals surface area (Å²) < 4.78 is 0. The number of hydrogen-bond donors (Lipinski definition) is 0. The van der Waals surface area contributed by atoms with E-state index in [0.29, 0.717) is 0 Å². The summed E-state index contributed by atoms with van der Waals surface area (Å²) in [6, 6.07) is 25.8. The number of pyridine rings is 1. The lowest BCUT2D eigenvalue weighted by Gasteiger charge is -2.07. The summed E-state index contributed by atoms with van der Waals surface area (Å²) in [5.74, 6) is 0. The second kappa shape index (κ2) is 4.28. The largest absolute Gasteiger partial charge is 0.256 e. The fourth-order valence-electron chi connectivity index (χ4n) is 3.50. The van der Waals surface area contributed by atoms with Crippen molar-refractivity contribution in [3.63, 3.8) is 0 Å². The van der Waals surface area contributed by atoms with Crippen LogP contribution in [0.15, 0.2) is 79.0 Å². The number of nitrogens with zero attached hydrogens (tertiary/aromatic N) is 1. The first-order valence-electron chi connectivity index (χ1n) is 7.50. The Balaban J connectivity index is 1.90. The van der Waals surface area contributed by atoms with E-state index in [2.05, 4.69) is 65.6 Å². The van der Waals surface area contributed by atoms with Crippen LogP contribution in [-0.4, -0.2) is 4.98 Å². The van der Waals surface area contributed by atoms with Crippen LogP contribution in [0.4, 0.5) is 0 Å². The number of hydrogen-bond acceptors (Lipinski definition) is 1. The van der Waals surface area contributed by atoms with E-state index in [-0.39, 0.29) is 0 Å². The number of aromatic nitrogens is 1. The van der Waals surface area contributed by atoms with Crippen molar-refractivity contribution in [2.24, 2.45) is 0 Å². The highest BCUT2D eigenvalue weighted by atomic mass is 14.7. The molecule has 102 valence electrons. The second-order valence-electron chi connectivity index (χ2n) is 5.69. The van der Waals surface area contributed by atoms with E-state index in [1.807, 2.05) is 18.3 Å². The van der Waals surface area contributed by atoms with Crippen molar-refractivity contribution in [2.75, 3.05) is 0 Å². The number of fused-ring (bicyclic) bond motifs is 3. The summed E-state index contributed by atoms with van der Waals surface area (Å²) in [4.78, 5) is 4.50. The summed E-state index contributed by atoms with van der Waals surface area (Å²) in [6.45, 7) is 0. The van der Waals surface area contributed by atoms with Gasteiger partial charge in [0.1, 0.15) is 0 Å². The molecule has 0 saturated heterocycles. The molecule has 0 radical (unpaired) electrons. The Bertz CT molecular complexity index is 1020. The van der Waals surface area contributed by atoms with Gasteiger partial charge >= 0.3 is 0 Å². The van der Waals surface area contributed by atoms with E-state index in [4.69, 9.17) is 0 Å². The topological polar surface area (TPSA) is 12.9 Å².